The molecule has 0 fully saturated rings. The number of carbonyl (C=O) groups excluding carboxylic acids is 2. The number of nitrogens with two attached hydrogens (primary N) is 2. The highest BCUT2D eigenvalue weighted by atomic mass is 35.5. The van der Waals surface area contributed by atoms with Crippen LogP contribution < -0.4 is 31.6 Å². The number of ether oxygens (including phenoxy) is 2. The maximum Gasteiger partial charge on any atom is 0.257 e. The standard InChI is InChI=1S/C32H34Cl2N6O4/c1-17(15-35)37-29(41)23-11-13-25(39-31(23)43-3)21-9-5-7-19(27(21)33)20-8-6-10-22(28(20)34)26-14-12-24(32(40-26)44-4)30(42)38-18(2)16-36/h5-14,17-18H,15-16,35-36H2,1-4H3,(H,37,41)(H,38,42)/t17-,18-/m0/s1. The van der Waals surface area contributed by atoms with Gasteiger partial charge in [0.05, 0.1) is 35.7 Å². The minimum atomic E-state index is -0.341. The first kappa shape index (κ1) is 32.7. The summed E-state index contributed by atoms with van der Waals surface area (Å²) in [5.74, 6) is -0.377. The Balaban J connectivity index is 1.72. The molecule has 12 heteroatoms. The van der Waals surface area contributed by atoms with Crippen molar-refractivity contribution in [3.63, 3.8) is 0 Å². The molecule has 4 rings (SSSR count). The Hall–Kier alpha value is -4.22. The average molecular weight is 638 g/mol. The lowest BCUT2D eigenvalue weighted by Gasteiger charge is -2.16. The molecule has 0 aliphatic heterocycles. The van der Waals surface area contributed by atoms with Gasteiger partial charge in [0.15, 0.2) is 0 Å². The van der Waals surface area contributed by atoms with Gasteiger partial charge < -0.3 is 31.6 Å². The summed E-state index contributed by atoms with van der Waals surface area (Å²) in [6.07, 6.45) is 0. The first-order valence-corrected chi connectivity index (χ1v) is 14.6. The first-order valence-electron chi connectivity index (χ1n) is 13.8. The van der Waals surface area contributed by atoms with E-state index >= 15 is 0 Å². The van der Waals surface area contributed by atoms with E-state index in [2.05, 4.69) is 20.6 Å². The van der Waals surface area contributed by atoms with Gasteiger partial charge >= 0.3 is 0 Å². The highest BCUT2D eigenvalue weighted by molar-refractivity contribution is 6.39. The summed E-state index contributed by atoms with van der Waals surface area (Å²) in [4.78, 5) is 34.6. The van der Waals surface area contributed by atoms with Crippen molar-refractivity contribution >= 4 is 35.0 Å². The van der Waals surface area contributed by atoms with Crippen molar-refractivity contribution in [2.75, 3.05) is 27.3 Å². The number of rotatable bonds is 11. The predicted molar refractivity (Wildman–Crippen MR) is 173 cm³/mol. The van der Waals surface area contributed by atoms with E-state index in [1.54, 1.807) is 24.3 Å². The van der Waals surface area contributed by atoms with Gasteiger partial charge in [-0.1, -0.05) is 59.6 Å². The summed E-state index contributed by atoms with van der Waals surface area (Å²) in [6.45, 7) is 4.21. The van der Waals surface area contributed by atoms with Gasteiger partial charge in [0.2, 0.25) is 11.8 Å². The highest BCUT2D eigenvalue weighted by Gasteiger charge is 2.21. The van der Waals surface area contributed by atoms with Crippen molar-refractivity contribution in [1.82, 2.24) is 20.6 Å². The first-order chi connectivity index (χ1) is 21.1. The van der Waals surface area contributed by atoms with Gasteiger partial charge in [-0.2, -0.15) is 0 Å². The molecule has 10 nitrogen and oxygen atoms in total. The molecule has 0 radical (unpaired) electrons. The Morgan fingerprint density at radius 3 is 1.39 bits per heavy atom. The quantitative estimate of drug-likeness (QED) is 0.180. The van der Waals surface area contributed by atoms with Gasteiger partial charge in [-0.25, -0.2) is 9.97 Å². The van der Waals surface area contributed by atoms with Gasteiger partial charge in [-0.05, 0) is 38.1 Å². The second-order valence-corrected chi connectivity index (χ2v) is 10.8. The SMILES string of the molecule is COc1nc(-c2cccc(-c3cccc(-c4ccc(C(=O)N[C@@H](C)CN)c(OC)n4)c3Cl)c2Cl)ccc1C(=O)N[C@@H](C)CN. The molecule has 0 aliphatic carbocycles. The van der Waals surface area contributed by atoms with Gasteiger partial charge in [-0.15, -0.1) is 0 Å². The summed E-state index contributed by atoms with van der Waals surface area (Å²) in [7, 11) is 2.89. The Morgan fingerprint density at radius 2 is 1.05 bits per heavy atom. The zero-order valence-corrected chi connectivity index (χ0v) is 26.3. The smallest absolute Gasteiger partial charge is 0.257 e. The molecule has 0 saturated heterocycles. The molecular formula is C32H34Cl2N6O4. The van der Waals surface area contributed by atoms with Crippen LogP contribution in [-0.4, -0.2) is 61.2 Å². The lowest BCUT2D eigenvalue weighted by molar-refractivity contribution is 0.0928. The van der Waals surface area contributed by atoms with Crippen LogP contribution in [0.1, 0.15) is 34.6 Å². The summed E-state index contributed by atoms with van der Waals surface area (Å²) < 4.78 is 10.9. The number of nitrogens with one attached hydrogen (secondary N) is 2. The molecule has 0 aliphatic rings. The third-order valence-corrected chi connectivity index (χ3v) is 7.71. The van der Waals surface area contributed by atoms with E-state index in [1.165, 1.54) is 14.2 Å². The number of aromatic nitrogens is 2. The topological polar surface area (TPSA) is 154 Å². The minimum Gasteiger partial charge on any atom is -0.480 e. The summed E-state index contributed by atoms with van der Waals surface area (Å²) in [5.41, 5.74) is 15.4. The van der Waals surface area contributed by atoms with Crippen molar-refractivity contribution in [1.29, 1.82) is 0 Å². The van der Waals surface area contributed by atoms with Crippen LogP contribution >= 0.6 is 23.2 Å². The fraction of sp³-hybridized carbons (Fsp3) is 0.250. The number of methoxy groups -OCH3 is 2. The molecule has 0 saturated carbocycles. The number of hydrogen-bond donors (Lipinski definition) is 4. The van der Waals surface area contributed by atoms with Crippen molar-refractivity contribution in [3.8, 4) is 45.4 Å². The van der Waals surface area contributed by atoms with Crippen LogP contribution in [0.25, 0.3) is 33.6 Å². The normalized spacial score (nSPS) is 12.3. The number of benzene rings is 2. The van der Waals surface area contributed by atoms with Crippen molar-refractivity contribution in [2.24, 2.45) is 11.5 Å². The van der Waals surface area contributed by atoms with Gasteiger partial charge in [-0.3, -0.25) is 9.59 Å². The van der Waals surface area contributed by atoms with Crippen LogP contribution in [0.2, 0.25) is 10.0 Å². The number of pyridine rings is 2. The molecule has 44 heavy (non-hydrogen) atoms. The zero-order chi connectivity index (χ0) is 32.0. The molecule has 6 N–H and O–H groups in total. The van der Waals surface area contributed by atoms with Crippen LogP contribution in [-0.2, 0) is 0 Å². The van der Waals surface area contributed by atoms with E-state index in [0.717, 1.165) is 0 Å². The minimum absolute atomic E-state index is 0.153. The molecule has 0 spiro atoms. The monoisotopic (exact) mass is 636 g/mol. The summed E-state index contributed by atoms with van der Waals surface area (Å²) >= 11 is 13.9. The molecule has 2 atom stereocenters. The Kier molecular flexibility index (Phi) is 10.8. The van der Waals surface area contributed by atoms with Crippen LogP contribution in [0, 0.1) is 0 Å². The third kappa shape index (κ3) is 6.95. The summed E-state index contributed by atoms with van der Waals surface area (Å²) in [5, 5.41) is 6.43. The third-order valence-electron chi connectivity index (χ3n) is 6.90. The van der Waals surface area contributed by atoms with Crippen LogP contribution in [0.4, 0.5) is 0 Å². The number of hydrogen-bond acceptors (Lipinski definition) is 8. The lowest BCUT2D eigenvalue weighted by atomic mass is 9.98. The Bertz CT molecular complexity index is 1560. The van der Waals surface area contributed by atoms with E-state index < -0.39 is 0 Å². The molecule has 2 aromatic heterocycles. The van der Waals surface area contributed by atoms with Gasteiger partial charge in [0.25, 0.3) is 11.8 Å². The van der Waals surface area contributed by atoms with Crippen molar-refractivity contribution in [3.05, 3.63) is 81.8 Å². The Labute approximate surface area is 266 Å². The van der Waals surface area contributed by atoms with Gasteiger partial charge in [0, 0.05) is 47.4 Å². The largest absolute Gasteiger partial charge is 0.480 e. The number of halogens is 2. The van der Waals surface area contributed by atoms with E-state index in [9.17, 15) is 9.59 Å². The molecule has 230 valence electrons. The van der Waals surface area contributed by atoms with Crippen LogP contribution in [0.3, 0.4) is 0 Å². The fourth-order valence-electron chi connectivity index (χ4n) is 4.43. The molecule has 2 amide bonds. The van der Waals surface area contributed by atoms with E-state index in [0.29, 0.717) is 56.8 Å². The number of carbonyl (C=O) groups is 2. The second kappa shape index (κ2) is 14.5. The molecule has 0 unspecified atom stereocenters. The van der Waals surface area contributed by atoms with Gasteiger partial charge in [0.1, 0.15) is 11.1 Å². The summed E-state index contributed by atoms with van der Waals surface area (Å²) in [6, 6.07) is 17.3. The van der Waals surface area contributed by atoms with E-state index in [1.807, 2.05) is 50.2 Å². The molecule has 0 bridgehead atoms. The molecular weight excluding hydrogens is 603 g/mol. The second-order valence-electron chi connectivity index (χ2n) is 10.1. The lowest BCUT2D eigenvalue weighted by Crippen LogP contribution is -2.38. The van der Waals surface area contributed by atoms with Crippen LogP contribution in [0.15, 0.2) is 60.7 Å². The van der Waals surface area contributed by atoms with Crippen LogP contribution in [0.5, 0.6) is 11.8 Å². The zero-order valence-electron chi connectivity index (χ0n) is 24.8. The molecule has 2 heterocycles. The number of nitrogens with zero attached hydrogens (tertiary/aromatic N) is 2. The average Bonchev–Trinajstić information content (AvgIpc) is 3.04. The molecule has 2 aromatic carbocycles. The predicted octanol–water partition coefficient (Wildman–Crippen LogP) is 4.96. The van der Waals surface area contributed by atoms with Crippen molar-refractivity contribution in [2.45, 2.75) is 25.9 Å². The highest BCUT2D eigenvalue weighted by Crippen LogP contribution is 2.42. The van der Waals surface area contributed by atoms with E-state index in [4.69, 9.17) is 44.1 Å². The fourth-order valence-corrected chi connectivity index (χ4v) is 5.08. The molecule has 4 aromatic rings. The maximum absolute atomic E-state index is 12.7. The number of amides is 2. The Morgan fingerprint density at radius 1 is 0.682 bits per heavy atom. The van der Waals surface area contributed by atoms with E-state index in [-0.39, 0.29) is 46.8 Å². The maximum atomic E-state index is 12.7. The van der Waals surface area contributed by atoms with Crippen molar-refractivity contribution < 1.29 is 19.1 Å².